The van der Waals surface area contributed by atoms with Crippen molar-refractivity contribution in [2.24, 2.45) is 0 Å². The Morgan fingerprint density at radius 3 is 2.91 bits per heavy atom. The molecule has 1 aromatic heterocycles. The quantitative estimate of drug-likeness (QED) is 0.564. The number of fused-ring (bicyclic) bond motifs is 1. The summed E-state index contributed by atoms with van der Waals surface area (Å²) in [5, 5.41) is 0.289. The SMILES string of the molecule is Nc1nc(SCC(=O)N2CCc3ccccc32)[nH]c(=O)c1N. The average molecular weight is 317 g/mol. The maximum absolute atomic E-state index is 12.3. The first kappa shape index (κ1) is 14.5. The van der Waals surface area contributed by atoms with Gasteiger partial charge in [0.1, 0.15) is 5.69 Å². The first-order chi connectivity index (χ1) is 10.6. The van der Waals surface area contributed by atoms with E-state index in [1.54, 1.807) is 4.90 Å². The molecule has 0 saturated heterocycles. The number of hydrogen-bond acceptors (Lipinski definition) is 6. The molecule has 114 valence electrons. The van der Waals surface area contributed by atoms with Gasteiger partial charge in [-0.2, -0.15) is 0 Å². The van der Waals surface area contributed by atoms with Crippen molar-refractivity contribution < 1.29 is 4.79 Å². The lowest BCUT2D eigenvalue weighted by Crippen LogP contribution is -2.30. The van der Waals surface area contributed by atoms with Gasteiger partial charge in [-0.05, 0) is 18.1 Å². The van der Waals surface area contributed by atoms with Crippen LogP contribution < -0.4 is 21.9 Å². The number of nitrogens with two attached hydrogens (primary N) is 2. The molecule has 2 heterocycles. The number of carbonyl (C=O) groups is 1. The Bertz CT molecular complexity index is 789. The van der Waals surface area contributed by atoms with Crippen molar-refractivity contribution in [3.63, 3.8) is 0 Å². The van der Waals surface area contributed by atoms with Crippen molar-refractivity contribution in [3.05, 3.63) is 40.2 Å². The number of thioether (sulfide) groups is 1. The Morgan fingerprint density at radius 2 is 2.14 bits per heavy atom. The summed E-state index contributed by atoms with van der Waals surface area (Å²) in [5.74, 6) is 0.110. The van der Waals surface area contributed by atoms with Gasteiger partial charge in [-0.3, -0.25) is 14.6 Å². The molecule has 0 atom stereocenters. The number of benzene rings is 1. The fourth-order valence-corrected chi connectivity index (χ4v) is 3.10. The molecule has 3 rings (SSSR count). The molecule has 1 aliphatic rings. The van der Waals surface area contributed by atoms with Crippen molar-refractivity contribution in [2.75, 3.05) is 28.7 Å². The lowest BCUT2D eigenvalue weighted by Gasteiger charge is -2.16. The number of nitrogens with one attached hydrogen (secondary N) is 1. The summed E-state index contributed by atoms with van der Waals surface area (Å²) in [4.78, 5) is 32.1. The van der Waals surface area contributed by atoms with Gasteiger partial charge < -0.3 is 16.4 Å². The van der Waals surface area contributed by atoms with Crippen molar-refractivity contribution in [2.45, 2.75) is 11.6 Å². The van der Waals surface area contributed by atoms with Crippen LogP contribution in [-0.4, -0.2) is 28.2 Å². The molecule has 22 heavy (non-hydrogen) atoms. The molecule has 0 unspecified atom stereocenters. The van der Waals surface area contributed by atoms with Gasteiger partial charge in [-0.25, -0.2) is 4.98 Å². The van der Waals surface area contributed by atoms with Crippen LogP contribution in [0.25, 0.3) is 0 Å². The highest BCUT2D eigenvalue weighted by molar-refractivity contribution is 7.99. The number of nitrogens with zero attached hydrogens (tertiary/aromatic N) is 2. The highest BCUT2D eigenvalue weighted by atomic mass is 32.2. The number of anilines is 3. The zero-order chi connectivity index (χ0) is 15.7. The summed E-state index contributed by atoms with van der Waals surface area (Å²) in [6.45, 7) is 0.673. The van der Waals surface area contributed by atoms with E-state index >= 15 is 0 Å². The fourth-order valence-electron chi connectivity index (χ4n) is 2.35. The minimum absolute atomic E-state index is 0.0229. The molecule has 0 bridgehead atoms. The van der Waals surface area contributed by atoms with Gasteiger partial charge in [0.25, 0.3) is 5.56 Å². The molecule has 0 saturated carbocycles. The van der Waals surface area contributed by atoms with Crippen LogP contribution in [-0.2, 0) is 11.2 Å². The zero-order valence-corrected chi connectivity index (χ0v) is 12.5. The first-order valence-electron chi connectivity index (χ1n) is 6.72. The van der Waals surface area contributed by atoms with Crippen molar-refractivity contribution in [1.29, 1.82) is 0 Å². The normalized spacial score (nSPS) is 13.2. The molecule has 1 amide bonds. The minimum Gasteiger partial charge on any atom is -0.391 e. The number of carbonyl (C=O) groups excluding carboxylic acids is 1. The summed E-state index contributed by atoms with van der Waals surface area (Å²) < 4.78 is 0. The van der Waals surface area contributed by atoms with Crippen LogP contribution in [0, 0.1) is 0 Å². The summed E-state index contributed by atoms with van der Waals surface area (Å²) >= 11 is 1.13. The molecular weight excluding hydrogens is 302 g/mol. The second-order valence-corrected chi connectivity index (χ2v) is 5.85. The maximum Gasteiger partial charge on any atom is 0.276 e. The van der Waals surface area contributed by atoms with E-state index in [0.29, 0.717) is 6.54 Å². The topological polar surface area (TPSA) is 118 Å². The van der Waals surface area contributed by atoms with Crippen LogP contribution in [0.5, 0.6) is 0 Å². The second kappa shape index (κ2) is 5.72. The standard InChI is InChI=1S/C14H15N5O2S/c15-11-12(16)17-14(18-13(11)21)22-7-10(20)19-6-5-8-3-1-2-4-9(8)19/h1-4H,5-7,15H2,(H3,16,17,18,21). The van der Waals surface area contributed by atoms with E-state index in [-0.39, 0.29) is 28.3 Å². The van der Waals surface area contributed by atoms with E-state index in [9.17, 15) is 9.59 Å². The van der Waals surface area contributed by atoms with E-state index in [0.717, 1.165) is 23.9 Å². The number of amides is 1. The number of para-hydroxylation sites is 1. The Morgan fingerprint density at radius 1 is 1.36 bits per heavy atom. The molecule has 7 nitrogen and oxygen atoms in total. The van der Waals surface area contributed by atoms with Gasteiger partial charge >= 0.3 is 0 Å². The summed E-state index contributed by atoms with van der Waals surface area (Å²) in [6, 6.07) is 7.84. The fraction of sp³-hybridized carbons (Fsp3) is 0.214. The van der Waals surface area contributed by atoms with Crippen LogP contribution in [0.1, 0.15) is 5.56 Å². The number of nitrogen functional groups attached to an aromatic ring is 2. The van der Waals surface area contributed by atoms with Crippen LogP contribution in [0.15, 0.2) is 34.2 Å². The van der Waals surface area contributed by atoms with Crippen molar-refractivity contribution in [3.8, 4) is 0 Å². The zero-order valence-electron chi connectivity index (χ0n) is 11.7. The van der Waals surface area contributed by atoms with Gasteiger partial charge in [0.05, 0.1) is 5.75 Å². The molecular formula is C14H15N5O2S. The van der Waals surface area contributed by atoms with E-state index in [2.05, 4.69) is 9.97 Å². The van der Waals surface area contributed by atoms with Gasteiger partial charge in [0.15, 0.2) is 11.0 Å². The van der Waals surface area contributed by atoms with Crippen LogP contribution >= 0.6 is 11.8 Å². The van der Waals surface area contributed by atoms with Crippen molar-refractivity contribution in [1.82, 2.24) is 9.97 Å². The smallest absolute Gasteiger partial charge is 0.276 e. The minimum atomic E-state index is -0.492. The molecule has 0 spiro atoms. The maximum atomic E-state index is 12.3. The number of hydrogen-bond donors (Lipinski definition) is 3. The highest BCUT2D eigenvalue weighted by Crippen LogP contribution is 2.28. The van der Waals surface area contributed by atoms with E-state index in [4.69, 9.17) is 11.5 Å². The number of aromatic nitrogens is 2. The summed E-state index contributed by atoms with van der Waals surface area (Å²) in [6.07, 6.45) is 0.858. The van der Waals surface area contributed by atoms with Crippen LogP contribution in [0.3, 0.4) is 0 Å². The third kappa shape index (κ3) is 2.64. The van der Waals surface area contributed by atoms with Crippen LogP contribution in [0.2, 0.25) is 0 Å². The number of aromatic amines is 1. The summed E-state index contributed by atoms with van der Waals surface area (Å²) in [5.41, 5.74) is 12.5. The van der Waals surface area contributed by atoms with Crippen molar-refractivity contribution >= 4 is 34.9 Å². The van der Waals surface area contributed by atoms with Gasteiger partial charge in [0.2, 0.25) is 5.91 Å². The molecule has 8 heteroatoms. The van der Waals surface area contributed by atoms with Gasteiger partial charge in [0, 0.05) is 12.2 Å². The monoisotopic (exact) mass is 317 g/mol. The average Bonchev–Trinajstić information content (AvgIpc) is 2.94. The predicted molar refractivity (Wildman–Crippen MR) is 86.9 cm³/mol. The lowest BCUT2D eigenvalue weighted by molar-refractivity contribution is -0.116. The van der Waals surface area contributed by atoms with E-state index in [1.807, 2.05) is 24.3 Å². The first-order valence-corrected chi connectivity index (χ1v) is 7.71. The lowest BCUT2D eigenvalue weighted by atomic mass is 10.2. The molecule has 1 aliphatic heterocycles. The molecule has 0 radical (unpaired) electrons. The number of H-pyrrole nitrogens is 1. The Kier molecular flexibility index (Phi) is 3.76. The van der Waals surface area contributed by atoms with E-state index in [1.165, 1.54) is 5.56 Å². The van der Waals surface area contributed by atoms with Gasteiger partial charge in [-0.15, -0.1) is 0 Å². The molecule has 0 aliphatic carbocycles. The largest absolute Gasteiger partial charge is 0.391 e. The highest BCUT2D eigenvalue weighted by Gasteiger charge is 2.24. The molecule has 2 aromatic rings. The third-order valence-electron chi connectivity index (χ3n) is 3.48. The molecule has 1 aromatic carbocycles. The Hall–Kier alpha value is -2.48. The second-order valence-electron chi connectivity index (χ2n) is 4.88. The Balaban J connectivity index is 1.70. The Labute approximate surface area is 130 Å². The van der Waals surface area contributed by atoms with E-state index < -0.39 is 5.56 Å². The third-order valence-corrected chi connectivity index (χ3v) is 4.34. The molecule has 5 N–H and O–H groups in total. The molecule has 0 fully saturated rings. The predicted octanol–water partition coefficient (Wildman–Crippen LogP) is 0.616. The number of rotatable bonds is 3. The summed E-state index contributed by atoms with van der Waals surface area (Å²) in [7, 11) is 0. The van der Waals surface area contributed by atoms with Gasteiger partial charge in [-0.1, -0.05) is 30.0 Å². The van der Waals surface area contributed by atoms with Crippen LogP contribution in [0.4, 0.5) is 17.2 Å².